The highest BCUT2D eigenvalue weighted by atomic mass is 15.2. The number of hydrogen-bond donors (Lipinski definition) is 1. The summed E-state index contributed by atoms with van der Waals surface area (Å²) < 4.78 is 0. The lowest BCUT2D eigenvalue weighted by molar-refractivity contribution is 0.834. The molecule has 0 aliphatic heterocycles. The van der Waals surface area contributed by atoms with Crippen molar-refractivity contribution in [3.8, 4) is 0 Å². The van der Waals surface area contributed by atoms with E-state index in [1.807, 2.05) is 43.3 Å². The lowest BCUT2D eigenvalue weighted by Gasteiger charge is -2.17. The van der Waals surface area contributed by atoms with Gasteiger partial charge in [0, 0.05) is 38.2 Å². The number of hydrogen-bond acceptors (Lipinski definition) is 5. The van der Waals surface area contributed by atoms with Crippen molar-refractivity contribution in [2.24, 2.45) is 5.73 Å². The first kappa shape index (κ1) is 12.4. The van der Waals surface area contributed by atoms with Crippen molar-refractivity contribution in [3.05, 3.63) is 47.5 Å². The molecule has 2 heterocycles. The Morgan fingerprint density at radius 3 is 2.83 bits per heavy atom. The van der Waals surface area contributed by atoms with Crippen LogP contribution in [0, 0.1) is 6.92 Å². The molecule has 0 fully saturated rings. The Balaban J connectivity index is 2.18. The minimum atomic E-state index is 0.428. The zero-order valence-electron chi connectivity index (χ0n) is 10.7. The van der Waals surface area contributed by atoms with E-state index in [0.717, 1.165) is 23.5 Å². The van der Waals surface area contributed by atoms with Gasteiger partial charge in [-0.05, 0) is 24.6 Å². The summed E-state index contributed by atoms with van der Waals surface area (Å²) in [6.07, 6.45) is 3.61. The molecule has 0 bridgehead atoms. The smallest absolute Gasteiger partial charge is 0.225 e. The van der Waals surface area contributed by atoms with Gasteiger partial charge in [0.2, 0.25) is 5.95 Å². The first-order valence-corrected chi connectivity index (χ1v) is 5.83. The summed E-state index contributed by atoms with van der Waals surface area (Å²) in [4.78, 5) is 14.9. The number of aromatic nitrogens is 3. The fraction of sp³-hybridized carbons (Fsp3) is 0.308. The molecule has 0 aliphatic rings. The molecule has 5 heteroatoms. The second-order valence-corrected chi connectivity index (χ2v) is 4.22. The number of nitrogens with two attached hydrogens (primary N) is 1. The predicted octanol–water partition coefficient (Wildman–Crippen LogP) is 1.28. The molecule has 2 aromatic rings. The average molecular weight is 243 g/mol. The Kier molecular flexibility index (Phi) is 3.84. The second kappa shape index (κ2) is 5.55. The van der Waals surface area contributed by atoms with E-state index in [1.165, 1.54) is 0 Å². The van der Waals surface area contributed by atoms with Crippen LogP contribution in [0.2, 0.25) is 0 Å². The molecule has 0 unspecified atom stereocenters. The summed E-state index contributed by atoms with van der Waals surface area (Å²) in [5.41, 5.74) is 8.53. The second-order valence-electron chi connectivity index (χ2n) is 4.22. The van der Waals surface area contributed by atoms with Gasteiger partial charge >= 0.3 is 0 Å². The third-order valence-electron chi connectivity index (χ3n) is 2.59. The lowest BCUT2D eigenvalue weighted by Crippen LogP contribution is -2.20. The fourth-order valence-corrected chi connectivity index (χ4v) is 1.73. The number of rotatable bonds is 4. The van der Waals surface area contributed by atoms with Gasteiger partial charge in [0.05, 0.1) is 5.69 Å². The van der Waals surface area contributed by atoms with Crippen LogP contribution in [0.5, 0.6) is 0 Å². The third kappa shape index (κ3) is 3.01. The van der Waals surface area contributed by atoms with Gasteiger partial charge in [-0.2, -0.15) is 0 Å². The predicted molar refractivity (Wildman–Crippen MR) is 71.0 cm³/mol. The van der Waals surface area contributed by atoms with Gasteiger partial charge in [0.25, 0.3) is 0 Å². The largest absolute Gasteiger partial charge is 0.339 e. The van der Waals surface area contributed by atoms with Gasteiger partial charge < -0.3 is 10.6 Å². The molecule has 0 saturated carbocycles. The van der Waals surface area contributed by atoms with Crippen molar-refractivity contribution < 1.29 is 0 Å². The van der Waals surface area contributed by atoms with Gasteiger partial charge in [-0.1, -0.05) is 6.07 Å². The van der Waals surface area contributed by atoms with Crippen molar-refractivity contribution in [3.63, 3.8) is 0 Å². The number of nitrogens with zero attached hydrogens (tertiary/aromatic N) is 4. The van der Waals surface area contributed by atoms with Crippen LogP contribution in [0.1, 0.15) is 17.0 Å². The minimum Gasteiger partial charge on any atom is -0.339 e. The van der Waals surface area contributed by atoms with Crippen LogP contribution in [-0.4, -0.2) is 22.0 Å². The Labute approximate surface area is 107 Å². The highest BCUT2D eigenvalue weighted by Crippen LogP contribution is 2.11. The minimum absolute atomic E-state index is 0.428. The van der Waals surface area contributed by atoms with Crippen LogP contribution in [0.15, 0.2) is 30.6 Å². The van der Waals surface area contributed by atoms with E-state index < -0.39 is 0 Å². The van der Waals surface area contributed by atoms with Crippen LogP contribution in [0.25, 0.3) is 0 Å². The van der Waals surface area contributed by atoms with Crippen LogP contribution >= 0.6 is 0 Å². The fourth-order valence-electron chi connectivity index (χ4n) is 1.73. The molecule has 0 aliphatic carbocycles. The average Bonchev–Trinajstić information content (AvgIpc) is 2.39. The standard InChI is InChI=1S/C13H17N5/c1-10-6-12(7-14)17-13(16-10)18(2)9-11-4-3-5-15-8-11/h3-6,8H,7,9,14H2,1-2H3. The maximum Gasteiger partial charge on any atom is 0.225 e. The number of anilines is 1. The van der Waals surface area contributed by atoms with Crippen LogP contribution < -0.4 is 10.6 Å². The summed E-state index contributed by atoms with van der Waals surface area (Å²) in [5, 5.41) is 0. The molecule has 0 saturated heterocycles. The highest BCUT2D eigenvalue weighted by Gasteiger charge is 2.07. The quantitative estimate of drug-likeness (QED) is 0.876. The monoisotopic (exact) mass is 243 g/mol. The Hall–Kier alpha value is -2.01. The molecule has 0 aromatic carbocycles. The lowest BCUT2D eigenvalue weighted by atomic mass is 10.3. The van der Waals surface area contributed by atoms with Gasteiger partial charge in [0.1, 0.15) is 0 Å². The van der Waals surface area contributed by atoms with Gasteiger partial charge in [-0.3, -0.25) is 4.98 Å². The summed E-state index contributed by atoms with van der Waals surface area (Å²) in [6, 6.07) is 5.86. The van der Waals surface area contributed by atoms with Crippen molar-refractivity contribution in [1.29, 1.82) is 0 Å². The van der Waals surface area contributed by atoms with E-state index in [9.17, 15) is 0 Å². The molecule has 0 atom stereocenters. The highest BCUT2D eigenvalue weighted by molar-refractivity contribution is 5.32. The van der Waals surface area contributed by atoms with Crippen molar-refractivity contribution >= 4 is 5.95 Å². The molecule has 2 aromatic heterocycles. The van der Waals surface area contributed by atoms with Gasteiger partial charge in [-0.25, -0.2) is 9.97 Å². The van der Waals surface area contributed by atoms with Crippen molar-refractivity contribution in [2.45, 2.75) is 20.0 Å². The maximum atomic E-state index is 5.62. The van der Waals surface area contributed by atoms with Gasteiger partial charge in [-0.15, -0.1) is 0 Å². The topological polar surface area (TPSA) is 67.9 Å². The van der Waals surface area contributed by atoms with E-state index in [0.29, 0.717) is 12.5 Å². The third-order valence-corrected chi connectivity index (χ3v) is 2.59. The first-order valence-electron chi connectivity index (χ1n) is 5.83. The van der Waals surface area contributed by atoms with Crippen LogP contribution in [0.3, 0.4) is 0 Å². The molecule has 2 rings (SSSR count). The molecule has 2 N–H and O–H groups in total. The van der Waals surface area contributed by atoms with E-state index in [1.54, 1.807) is 6.20 Å². The Bertz CT molecular complexity index is 512. The number of pyridine rings is 1. The van der Waals surface area contributed by atoms with Crippen molar-refractivity contribution in [1.82, 2.24) is 15.0 Å². The zero-order chi connectivity index (χ0) is 13.0. The van der Waals surface area contributed by atoms with Crippen LogP contribution in [0.4, 0.5) is 5.95 Å². The summed E-state index contributed by atoms with van der Waals surface area (Å²) in [5.74, 6) is 0.694. The van der Waals surface area contributed by atoms with Gasteiger partial charge in [0.15, 0.2) is 0 Å². The molecular formula is C13H17N5. The molecule has 18 heavy (non-hydrogen) atoms. The maximum absolute atomic E-state index is 5.62. The molecule has 0 radical (unpaired) electrons. The van der Waals surface area contributed by atoms with E-state index >= 15 is 0 Å². The van der Waals surface area contributed by atoms with E-state index in [-0.39, 0.29) is 0 Å². The summed E-state index contributed by atoms with van der Waals surface area (Å²) in [7, 11) is 1.96. The normalized spacial score (nSPS) is 10.4. The summed E-state index contributed by atoms with van der Waals surface area (Å²) in [6.45, 7) is 3.10. The zero-order valence-corrected chi connectivity index (χ0v) is 10.7. The Morgan fingerprint density at radius 1 is 1.33 bits per heavy atom. The SMILES string of the molecule is Cc1cc(CN)nc(N(C)Cc2cccnc2)n1. The van der Waals surface area contributed by atoms with E-state index in [2.05, 4.69) is 15.0 Å². The molecular weight excluding hydrogens is 226 g/mol. The van der Waals surface area contributed by atoms with Crippen molar-refractivity contribution in [2.75, 3.05) is 11.9 Å². The van der Waals surface area contributed by atoms with Crippen LogP contribution in [-0.2, 0) is 13.1 Å². The van der Waals surface area contributed by atoms with E-state index in [4.69, 9.17) is 5.73 Å². The Morgan fingerprint density at radius 2 is 2.17 bits per heavy atom. The summed E-state index contributed by atoms with van der Waals surface area (Å²) >= 11 is 0. The number of aryl methyl sites for hydroxylation is 1. The molecule has 0 spiro atoms. The first-order chi connectivity index (χ1) is 8.69. The molecule has 0 amide bonds. The molecule has 94 valence electrons. The molecule has 5 nitrogen and oxygen atoms in total.